The van der Waals surface area contributed by atoms with E-state index in [1.807, 2.05) is 87.0 Å². The maximum absolute atomic E-state index is 10.7. The Bertz CT molecular complexity index is 1050. The number of rotatable bonds is 11. The van der Waals surface area contributed by atoms with Gasteiger partial charge < -0.3 is 14.6 Å². The van der Waals surface area contributed by atoms with Crippen molar-refractivity contribution in [3.05, 3.63) is 71.4 Å². The van der Waals surface area contributed by atoms with Crippen LogP contribution >= 0.6 is 0 Å². The van der Waals surface area contributed by atoms with Crippen molar-refractivity contribution in [3.63, 3.8) is 0 Å². The number of para-hydroxylation sites is 1. The molecule has 1 unspecified atom stereocenters. The topological polar surface area (TPSA) is 59.8 Å². The first-order valence-electron chi connectivity index (χ1n) is 12.4. The van der Waals surface area contributed by atoms with Gasteiger partial charge in [-0.1, -0.05) is 49.7 Å². The summed E-state index contributed by atoms with van der Waals surface area (Å²) in [5.74, 6) is 1.91. The summed E-state index contributed by atoms with van der Waals surface area (Å²) in [6.45, 7) is 16.7. The maximum Gasteiger partial charge on any atom is 0.227 e. The van der Waals surface area contributed by atoms with Gasteiger partial charge in [0.15, 0.2) is 0 Å². The molecule has 0 saturated heterocycles. The highest BCUT2D eigenvalue weighted by Gasteiger charge is 2.24. The molecule has 6 nitrogen and oxygen atoms in total. The van der Waals surface area contributed by atoms with Crippen molar-refractivity contribution < 1.29 is 14.6 Å². The van der Waals surface area contributed by atoms with Crippen LogP contribution in [0.5, 0.6) is 11.6 Å². The molecule has 1 atom stereocenters. The number of aryl methyl sites for hydroxylation is 2. The lowest BCUT2D eigenvalue weighted by molar-refractivity contribution is -0.0573. The Morgan fingerprint density at radius 1 is 0.971 bits per heavy atom. The highest BCUT2D eigenvalue weighted by molar-refractivity contribution is 5.43. The summed E-state index contributed by atoms with van der Waals surface area (Å²) < 4.78 is 14.2. The van der Waals surface area contributed by atoms with E-state index >= 15 is 0 Å². The third-order valence-electron chi connectivity index (χ3n) is 5.56. The number of ether oxygens (including phenoxy) is 2. The largest absolute Gasteiger partial charge is 0.439 e. The van der Waals surface area contributed by atoms with Gasteiger partial charge in [0.1, 0.15) is 5.75 Å². The van der Waals surface area contributed by atoms with Crippen molar-refractivity contribution in [1.29, 1.82) is 0 Å². The molecule has 1 N–H and O–H groups in total. The van der Waals surface area contributed by atoms with Crippen LogP contribution in [0, 0.1) is 19.8 Å². The van der Waals surface area contributed by atoms with Crippen LogP contribution in [0.4, 0.5) is 0 Å². The van der Waals surface area contributed by atoms with Crippen molar-refractivity contribution in [3.8, 4) is 17.3 Å². The van der Waals surface area contributed by atoms with E-state index in [2.05, 4.69) is 25.7 Å². The Labute approximate surface area is 210 Å². The first kappa shape index (κ1) is 26.9. The molecule has 190 valence electrons. The summed E-state index contributed by atoms with van der Waals surface area (Å²) in [7, 11) is 0. The number of hydrogen-bond acceptors (Lipinski definition) is 5. The van der Waals surface area contributed by atoms with Gasteiger partial charge in [-0.2, -0.15) is 5.10 Å². The summed E-state index contributed by atoms with van der Waals surface area (Å²) in [5, 5.41) is 15.6. The van der Waals surface area contributed by atoms with Gasteiger partial charge >= 0.3 is 0 Å². The van der Waals surface area contributed by atoms with Crippen LogP contribution in [0.2, 0.25) is 0 Å². The second kappa shape index (κ2) is 11.8. The minimum absolute atomic E-state index is 0.285. The standard InChI is InChI=1S/C29H41N3O3/c1-21(2)17-31(18-25(33)20-34-29(5,6)7)19-27-23(4)30-32(24-11-9-8-10-12-24)28(27)35-26-15-13-22(3)14-16-26/h8-16,21,25,33H,17-20H2,1-7H3. The number of hydrogen-bond donors (Lipinski definition) is 1. The van der Waals surface area contributed by atoms with Gasteiger partial charge in [-0.15, -0.1) is 0 Å². The zero-order valence-electron chi connectivity index (χ0n) is 22.3. The third kappa shape index (κ3) is 8.20. The van der Waals surface area contributed by atoms with E-state index in [0.717, 1.165) is 29.2 Å². The van der Waals surface area contributed by atoms with E-state index in [1.165, 1.54) is 5.56 Å². The van der Waals surface area contributed by atoms with Crippen molar-refractivity contribution in [2.75, 3.05) is 19.7 Å². The van der Waals surface area contributed by atoms with Crippen LogP contribution in [-0.4, -0.2) is 51.2 Å². The van der Waals surface area contributed by atoms with Crippen LogP contribution in [-0.2, 0) is 11.3 Å². The lowest BCUT2D eigenvalue weighted by Crippen LogP contribution is -2.38. The first-order valence-corrected chi connectivity index (χ1v) is 12.4. The van der Waals surface area contributed by atoms with Gasteiger partial charge in [0.05, 0.1) is 35.3 Å². The molecule has 0 bridgehead atoms. The summed E-state index contributed by atoms with van der Waals surface area (Å²) >= 11 is 0. The van der Waals surface area contributed by atoms with Crippen LogP contribution in [0.3, 0.4) is 0 Å². The number of nitrogens with zero attached hydrogens (tertiary/aromatic N) is 3. The fourth-order valence-electron chi connectivity index (χ4n) is 3.93. The molecule has 3 aromatic rings. The molecule has 3 rings (SSSR count). The molecule has 1 heterocycles. The minimum atomic E-state index is -0.584. The molecule has 0 radical (unpaired) electrons. The van der Waals surface area contributed by atoms with Crippen molar-refractivity contribution in [2.24, 2.45) is 5.92 Å². The quantitative estimate of drug-likeness (QED) is 0.370. The number of benzene rings is 2. The molecule has 0 aliphatic carbocycles. The fourth-order valence-corrected chi connectivity index (χ4v) is 3.93. The lowest BCUT2D eigenvalue weighted by atomic mass is 10.1. The average molecular weight is 480 g/mol. The number of aliphatic hydroxyl groups excluding tert-OH is 1. The predicted molar refractivity (Wildman–Crippen MR) is 141 cm³/mol. The summed E-state index contributed by atoms with van der Waals surface area (Å²) in [6, 6.07) is 18.1. The van der Waals surface area contributed by atoms with Gasteiger partial charge in [0, 0.05) is 19.6 Å². The lowest BCUT2D eigenvalue weighted by Gasteiger charge is -2.28. The van der Waals surface area contributed by atoms with E-state index in [9.17, 15) is 5.11 Å². The van der Waals surface area contributed by atoms with Crippen molar-refractivity contribution in [1.82, 2.24) is 14.7 Å². The zero-order valence-corrected chi connectivity index (χ0v) is 22.3. The molecule has 0 aliphatic heterocycles. The van der Waals surface area contributed by atoms with Crippen LogP contribution in [0.15, 0.2) is 54.6 Å². The molecule has 0 aliphatic rings. The van der Waals surface area contributed by atoms with Crippen molar-refractivity contribution >= 4 is 0 Å². The summed E-state index contributed by atoms with van der Waals surface area (Å²) in [4.78, 5) is 2.27. The highest BCUT2D eigenvalue weighted by Crippen LogP contribution is 2.32. The van der Waals surface area contributed by atoms with E-state index in [-0.39, 0.29) is 5.60 Å². The Hall–Kier alpha value is -2.67. The normalized spacial score (nSPS) is 13.0. The van der Waals surface area contributed by atoms with Gasteiger partial charge in [-0.3, -0.25) is 4.90 Å². The minimum Gasteiger partial charge on any atom is -0.439 e. The van der Waals surface area contributed by atoms with Gasteiger partial charge in [0.2, 0.25) is 5.88 Å². The molecule has 0 spiro atoms. The maximum atomic E-state index is 10.7. The Morgan fingerprint density at radius 3 is 2.23 bits per heavy atom. The Balaban J connectivity index is 1.92. The van der Waals surface area contributed by atoms with Crippen LogP contribution in [0.1, 0.15) is 51.4 Å². The molecular weight excluding hydrogens is 438 g/mol. The molecular formula is C29H41N3O3. The first-order chi connectivity index (χ1) is 16.5. The molecule has 0 saturated carbocycles. The summed E-state index contributed by atoms with van der Waals surface area (Å²) in [5.41, 5.74) is 3.76. The highest BCUT2D eigenvalue weighted by atomic mass is 16.5. The summed E-state index contributed by atoms with van der Waals surface area (Å²) in [6.07, 6.45) is -0.584. The SMILES string of the molecule is Cc1ccc(Oc2c(CN(CC(C)C)CC(O)COC(C)(C)C)c(C)nn2-c2ccccc2)cc1. The Kier molecular flexibility index (Phi) is 9.11. The third-order valence-corrected chi connectivity index (χ3v) is 5.56. The van der Waals surface area contributed by atoms with E-state index < -0.39 is 6.10 Å². The molecule has 2 aromatic carbocycles. The monoisotopic (exact) mass is 479 g/mol. The molecule has 35 heavy (non-hydrogen) atoms. The molecule has 0 amide bonds. The van der Waals surface area contributed by atoms with Crippen molar-refractivity contribution in [2.45, 2.75) is 66.7 Å². The van der Waals surface area contributed by atoms with Crippen LogP contribution in [0.25, 0.3) is 5.69 Å². The zero-order chi connectivity index (χ0) is 25.6. The van der Waals surface area contributed by atoms with E-state index in [1.54, 1.807) is 0 Å². The number of aromatic nitrogens is 2. The van der Waals surface area contributed by atoms with E-state index in [0.29, 0.717) is 31.5 Å². The fraction of sp³-hybridized carbons (Fsp3) is 0.483. The second-order valence-electron chi connectivity index (χ2n) is 10.7. The Morgan fingerprint density at radius 2 is 1.63 bits per heavy atom. The average Bonchev–Trinajstić information content (AvgIpc) is 3.08. The number of aliphatic hydroxyl groups is 1. The van der Waals surface area contributed by atoms with Gasteiger partial charge in [-0.25, -0.2) is 4.68 Å². The second-order valence-corrected chi connectivity index (χ2v) is 10.7. The molecule has 0 fully saturated rings. The van der Waals surface area contributed by atoms with Crippen LogP contribution < -0.4 is 4.74 Å². The van der Waals surface area contributed by atoms with E-state index in [4.69, 9.17) is 14.6 Å². The smallest absolute Gasteiger partial charge is 0.227 e. The van der Waals surface area contributed by atoms with Gasteiger partial charge in [0.25, 0.3) is 0 Å². The molecule has 1 aromatic heterocycles. The predicted octanol–water partition coefficient (Wildman–Crippen LogP) is 5.92. The van der Waals surface area contributed by atoms with Gasteiger partial charge in [-0.05, 0) is 64.8 Å². The molecule has 6 heteroatoms.